The van der Waals surface area contributed by atoms with Gasteiger partial charge in [-0.1, -0.05) is 18.2 Å². The lowest BCUT2D eigenvalue weighted by Crippen LogP contribution is -2.16. The van der Waals surface area contributed by atoms with Crippen molar-refractivity contribution in [3.05, 3.63) is 35.9 Å². The third-order valence-electron chi connectivity index (χ3n) is 3.68. The Morgan fingerprint density at radius 1 is 1.24 bits per heavy atom. The molecular weight excluding hydrogens is 264 g/mol. The molecule has 1 heterocycles. The third-order valence-corrected chi connectivity index (χ3v) is 3.68. The molecule has 21 heavy (non-hydrogen) atoms. The topological polar surface area (TPSA) is 43.4 Å². The zero-order valence-electron chi connectivity index (χ0n) is 12.5. The van der Waals surface area contributed by atoms with Crippen LogP contribution in [0, 0.1) is 0 Å². The van der Waals surface area contributed by atoms with Gasteiger partial charge in [-0.15, -0.1) is 0 Å². The van der Waals surface area contributed by atoms with Crippen LogP contribution in [0.4, 0.5) is 0 Å². The SMILES string of the molecule is COCCCOc1cc(CNC2CC2)c2ccccc2n1. The highest BCUT2D eigenvalue weighted by Gasteiger charge is 2.20. The van der Waals surface area contributed by atoms with Gasteiger partial charge < -0.3 is 14.8 Å². The first kappa shape index (κ1) is 14.3. The minimum Gasteiger partial charge on any atom is -0.478 e. The zero-order chi connectivity index (χ0) is 14.5. The summed E-state index contributed by atoms with van der Waals surface area (Å²) in [6.45, 7) is 2.22. The summed E-state index contributed by atoms with van der Waals surface area (Å²) in [4.78, 5) is 4.59. The number of pyridine rings is 1. The predicted octanol–water partition coefficient (Wildman–Crippen LogP) is 2.90. The number of para-hydroxylation sites is 1. The molecule has 0 amide bonds. The van der Waals surface area contributed by atoms with Crippen LogP contribution >= 0.6 is 0 Å². The van der Waals surface area contributed by atoms with Crippen molar-refractivity contribution in [1.29, 1.82) is 0 Å². The molecule has 1 aliphatic carbocycles. The summed E-state index contributed by atoms with van der Waals surface area (Å²) in [6, 6.07) is 11.0. The van der Waals surface area contributed by atoms with E-state index in [0.29, 0.717) is 25.1 Å². The molecule has 112 valence electrons. The fourth-order valence-electron chi connectivity index (χ4n) is 2.36. The standard InChI is InChI=1S/C17H22N2O2/c1-20-9-4-10-21-17-11-13(12-18-14-7-8-14)15-5-2-3-6-16(15)19-17/h2-3,5-6,11,14,18H,4,7-10,12H2,1H3. The second-order valence-corrected chi connectivity index (χ2v) is 5.49. The van der Waals surface area contributed by atoms with Crippen molar-refractivity contribution < 1.29 is 9.47 Å². The maximum atomic E-state index is 5.76. The summed E-state index contributed by atoms with van der Waals surface area (Å²) in [5, 5.41) is 4.77. The van der Waals surface area contributed by atoms with Crippen LogP contribution in [0.3, 0.4) is 0 Å². The van der Waals surface area contributed by atoms with Gasteiger partial charge in [-0.3, -0.25) is 0 Å². The number of methoxy groups -OCH3 is 1. The van der Waals surface area contributed by atoms with Crippen LogP contribution in [0.1, 0.15) is 24.8 Å². The van der Waals surface area contributed by atoms with E-state index in [2.05, 4.69) is 28.5 Å². The number of hydrogen-bond donors (Lipinski definition) is 1. The molecule has 0 atom stereocenters. The molecule has 1 fully saturated rings. The Balaban J connectivity index is 1.76. The van der Waals surface area contributed by atoms with E-state index in [0.717, 1.165) is 18.5 Å². The Morgan fingerprint density at radius 3 is 2.90 bits per heavy atom. The van der Waals surface area contributed by atoms with E-state index in [-0.39, 0.29) is 0 Å². The van der Waals surface area contributed by atoms with Gasteiger partial charge in [0.25, 0.3) is 0 Å². The summed E-state index contributed by atoms with van der Waals surface area (Å²) in [5.74, 6) is 0.706. The molecule has 1 aromatic heterocycles. The van der Waals surface area contributed by atoms with E-state index >= 15 is 0 Å². The normalized spacial score (nSPS) is 14.5. The molecule has 1 saturated carbocycles. The van der Waals surface area contributed by atoms with Gasteiger partial charge in [0, 0.05) is 44.2 Å². The second-order valence-electron chi connectivity index (χ2n) is 5.49. The summed E-state index contributed by atoms with van der Waals surface area (Å²) >= 11 is 0. The number of nitrogens with zero attached hydrogens (tertiary/aromatic N) is 1. The molecule has 4 nitrogen and oxygen atoms in total. The molecule has 0 saturated heterocycles. The van der Waals surface area contributed by atoms with Crippen LogP contribution in [0.5, 0.6) is 5.88 Å². The smallest absolute Gasteiger partial charge is 0.214 e. The fourth-order valence-corrected chi connectivity index (χ4v) is 2.36. The van der Waals surface area contributed by atoms with Crippen LogP contribution in [0.15, 0.2) is 30.3 Å². The lowest BCUT2D eigenvalue weighted by molar-refractivity contribution is 0.170. The number of rotatable bonds is 8. The zero-order valence-corrected chi connectivity index (χ0v) is 12.5. The van der Waals surface area contributed by atoms with E-state index < -0.39 is 0 Å². The summed E-state index contributed by atoms with van der Waals surface area (Å²) < 4.78 is 10.8. The lowest BCUT2D eigenvalue weighted by Gasteiger charge is -2.11. The van der Waals surface area contributed by atoms with Crippen molar-refractivity contribution in [2.24, 2.45) is 0 Å². The Bertz CT molecular complexity index is 596. The quantitative estimate of drug-likeness (QED) is 0.758. The van der Waals surface area contributed by atoms with Gasteiger partial charge in [0.05, 0.1) is 12.1 Å². The fraction of sp³-hybridized carbons (Fsp3) is 0.471. The van der Waals surface area contributed by atoms with Gasteiger partial charge in [0.2, 0.25) is 5.88 Å². The van der Waals surface area contributed by atoms with E-state index in [1.54, 1.807) is 7.11 Å². The highest BCUT2D eigenvalue weighted by atomic mass is 16.5. The molecule has 0 unspecified atom stereocenters. The van der Waals surface area contributed by atoms with Gasteiger partial charge in [-0.05, 0) is 24.5 Å². The van der Waals surface area contributed by atoms with Gasteiger partial charge in [-0.25, -0.2) is 4.98 Å². The highest BCUT2D eigenvalue weighted by molar-refractivity contribution is 5.82. The van der Waals surface area contributed by atoms with Crippen LogP contribution in [-0.2, 0) is 11.3 Å². The maximum absolute atomic E-state index is 5.76. The van der Waals surface area contributed by atoms with E-state index in [1.807, 2.05) is 12.1 Å². The van der Waals surface area contributed by atoms with Crippen molar-refractivity contribution >= 4 is 10.9 Å². The Hall–Kier alpha value is -1.65. The predicted molar refractivity (Wildman–Crippen MR) is 83.6 cm³/mol. The number of fused-ring (bicyclic) bond motifs is 1. The minimum atomic E-state index is 0.634. The molecule has 1 N–H and O–H groups in total. The molecule has 0 aliphatic heterocycles. The average Bonchev–Trinajstić information content (AvgIpc) is 3.33. The molecule has 4 heteroatoms. The van der Waals surface area contributed by atoms with Gasteiger partial charge in [0.1, 0.15) is 0 Å². The monoisotopic (exact) mass is 286 g/mol. The molecule has 3 rings (SSSR count). The summed E-state index contributed by atoms with van der Waals surface area (Å²) in [7, 11) is 1.70. The molecule has 0 bridgehead atoms. The van der Waals surface area contributed by atoms with Gasteiger partial charge >= 0.3 is 0 Å². The van der Waals surface area contributed by atoms with Crippen LogP contribution < -0.4 is 10.1 Å². The van der Waals surface area contributed by atoms with Gasteiger partial charge in [-0.2, -0.15) is 0 Å². The van der Waals surface area contributed by atoms with Crippen LogP contribution in [-0.4, -0.2) is 31.3 Å². The molecule has 2 aromatic rings. The first-order valence-corrected chi connectivity index (χ1v) is 7.60. The van der Waals surface area contributed by atoms with Crippen LogP contribution in [0.25, 0.3) is 10.9 Å². The number of aromatic nitrogens is 1. The number of ether oxygens (including phenoxy) is 2. The second kappa shape index (κ2) is 6.87. The Kier molecular flexibility index (Phi) is 4.68. The molecule has 0 radical (unpaired) electrons. The molecule has 1 aromatic carbocycles. The summed E-state index contributed by atoms with van der Waals surface area (Å²) in [6.07, 6.45) is 3.47. The number of hydrogen-bond acceptors (Lipinski definition) is 4. The van der Waals surface area contributed by atoms with Crippen molar-refractivity contribution in [2.45, 2.75) is 31.8 Å². The average molecular weight is 286 g/mol. The maximum Gasteiger partial charge on any atom is 0.214 e. The lowest BCUT2D eigenvalue weighted by atomic mass is 10.1. The van der Waals surface area contributed by atoms with E-state index in [1.165, 1.54) is 23.8 Å². The number of benzene rings is 1. The van der Waals surface area contributed by atoms with Crippen molar-refractivity contribution in [3.63, 3.8) is 0 Å². The van der Waals surface area contributed by atoms with E-state index in [4.69, 9.17) is 9.47 Å². The molecular formula is C17H22N2O2. The molecule has 1 aliphatic rings. The third kappa shape index (κ3) is 3.93. The summed E-state index contributed by atoms with van der Waals surface area (Å²) in [5.41, 5.74) is 2.25. The molecule has 0 spiro atoms. The van der Waals surface area contributed by atoms with Crippen molar-refractivity contribution in [1.82, 2.24) is 10.3 Å². The van der Waals surface area contributed by atoms with Crippen molar-refractivity contribution in [3.8, 4) is 5.88 Å². The number of nitrogens with one attached hydrogen (secondary N) is 1. The highest BCUT2D eigenvalue weighted by Crippen LogP contribution is 2.24. The van der Waals surface area contributed by atoms with E-state index in [9.17, 15) is 0 Å². The van der Waals surface area contributed by atoms with Gasteiger partial charge in [0.15, 0.2) is 0 Å². The first-order valence-electron chi connectivity index (χ1n) is 7.60. The minimum absolute atomic E-state index is 0.634. The Morgan fingerprint density at radius 2 is 2.10 bits per heavy atom. The largest absolute Gasteiger partial charge is 0.478 e. The van der Waals surface area contributed by atoms with Crippen LogP contribution in [0.2, 0.25) is 0 Å². The first-order chi connectivity index (χ1) is 10.4. The Labute approximate surface area is 125 Å². The van der Waals surface area contributed by atoms with Crippen molar-refractivity contribution in [2.75, 3.05) is 20.3 Å².